The normalized spacial score (nSPS) is 13.5. The van der Waals surface area contributed by atoms with Crippen LogP contribution in [0, 0.1) is 0 Å². The SMILES string of the molecule is CCC(NS(=O)(=O)c1ccc(-c2sc(C(=O)O)nc2CO)c(Cl)c1Cl)C(F)(F)F. The van der Waals surface area contributed by atoms with E-state index in [9.17, 15) is 31.5 Å². The Hall–Kier alpha value is -1.44. The molecule has 1 aromatic heterocycles. The molecule has 1 atom stereocenters. The number of nitrogens with zero attached hydrogens (tertiary/aromatic N) is 1. The highest BCUT2D eigenvalue weighted by atomic mass is 35.5. The van der Waals surface area contributed by atoms with E-state index in [0.717, 1.165) is 12.1 Å². The first-order valence-corrected chi connectivity index (χ1v) is 10.8. The van der Waals surface area contributed by atoms with Crippen LogP contribution in [0.4, 0.5) is 13.2 Å². The van der Waals surface area contributed by atoms with E-state index in [4.69, 9.17) is 28.3 Å². The predicted octanol–water partition coefficient (Wildman–Crippen LogP) is 3.93. The number of alkyl halides is 3. The van der Waals surface area contributed by atoms with Gasteiger partial charge < -0.3 is 10.2 Å². The van der Waals surface area contributed by atoms with Crippen molar-refractivity contribution in [3.8, 4) is 10.4 Å². The number of thiazole rings is 1. The van der Waals surface area contributed by atoms with Crippen molar-refractivity contribution in [1.82, 2.24) is 9.71 Å². The first-order valence-electron chi connectivity index (χ1n) is 7.74. The standard InChI is InChI=1S/C15H13Cl2F3N2O5S2/c1-2-9(15(18,19)20)22-29(26,27)8-4-3-6(10(16)11(8)17)12-7(5-23)21-13(28-12)14(24)25/h3-4,9,22-23H,2,5H2,1H3,(H,24,25). The summed E-state index contributed by atoms with van der Waals surface area (Å²) >= 11 is 12.8. The van der Waals surface area contributed by atoms with Crippen LogP contribution in [0.2, 0.25) is 10.0 Å². The molecule has 29 heavy (non-hydrogen) atoms. The number of rotatable bonds is 7. The molecular formula is C15H13Cl2F3N2O5S2. The molecule has 0 saturated carbocycles. The van der Waals surface area contributed by atoms with Gasteiger partial charge in [0.15, 0.2) is 0 Å². The van der Waals surface area contributed by atoms with Crippen LogP contribution in [-0.4, -0.2) is 41.8 Å². The lowest BCUT2D eigenvalue weighted by atomic mass is 10.1. The number of aromatic nitrogens is 1. The van der Waals surface area contributed by atoms with Crippen molar-refractivity contribution in [2.75, 3.05) is 0 Å². The molecule has 0 radical (unpaired) electrons. The lowest BCUT2D eigenvalue weighted by Gasteiger charge is -2.20. The first-order chi connectivity index (χ1) is 13.3. The van der Waals surface area contributed by atoms with Crippen LogP contribution in [0.1, 0.15) is 28.8 Å². The molecule has 0 fully saturated rings. The largest absolute Gasteiger partial charge is 0.476 e. The van der Waals surface area contributed by atoms with Crippen molar-refractivity contribution in [3.05, 3.63) is 32.9 Å². The van der Waals surface area contributed by atoms with Gasteiger partial charge in [0, 0.05) is 5.56 Å². The fraction of sp³-hybridized carbons (Fsp3) is 0.333. The van der Waals surface area contributed by atoms with Gasteiger partial charge in [-0.3, -0.25) is 0 Å². The van der Waals surface area contributed by atoms with Crippen molar-refractivity contribution in [2.45, 2.75) is 37.1 Å². The quantitative estimate of drug-likeness (QED) is 0.539. The van der Waals surface area contributed by atoms with Crippen molar-refractivity contribution >= 4 is 50.5 Å². The van der Waals surface area contributed by atoms with E-state index >= 15 is 0 Å². The van der Waals surface area contributed by atoms with Crippen molar-refractivity contribution in [2.24, 2.45) is 0 Å². The lowest BCUT2D eigenvalue weighted by Crippen LogP contribution is -2.44. The molecule has 2 aromatic rings. The van der Waals surface area contributed by atoms with E-state index in [2.05, 4.69) is 4.98 Å². The van der Waals surface area contributed by atoms with Gasteiger partial charge in [0.2, 0.25) is 15.0 Å². The summed E-state index contributed by atoms with van der Waals surface area (Å²) in [5, 5.41) is 17.2. The molecule has 1 heterocycles. The Morgan fingerprint density at radius 2 is 1.93 bits per heavy atom. The Kier molecular flexibility index (Phi) is 7.18. The molecule has 14 heteroatoms. The number of benzene rings is 1. The summed E-state index contributed by atoms with van der Waals surface area (Å²) in [5.74, 6) is -1.35. The van der Waals surface area contributed by atoms with Gasteiger partial charge in [-0.15, -0.1) is 11.3 Å². The second-order valence-corrected chi connectivity index (χ2v) is 9.06. The molecule has 0 aliphatic rings. The summed E-state index contributed by atoms with van der Waals surface area (Å²) < 4.78 is 65.1. The summed E-state index contributed by atoms with van der Waals surface area (Å²) in [7, 11) is -4.67. The Morgan fingerprint density at radius 1 is 1.31 bits per heavy atom. The van der Waals surface area contributed by atoms with Gasteiger partial charge in [-0.1, -0.05) is 36.2 Å². The molecule has 0 aliphatic heterocycles. The number of halogens is 5. The third-order valence-electron chi connectivity index (χ3n) is 3.71. The number of nitrogens with one attached hydrogen (secondary N) is 1. The summed E-state index contributed by atoms with van der Waals surface area (Å²) in [6.45, 7) is 0.539. The Labute approximate surface area is 177 Å². The van der Waals surface area contributed by atoms with Crippen LogP contribution < -0.4 is 4.72 Å². The zero-order valence-electron chi connectivity index (χ0n) is 14.4. The van der Waals surface area contributed by atoms with Crippen LogP contribution in [0.25, 0.3) is 10.4 Å². The second kappa shape index (κ2) is 8.74. The predicted molar refractivity (Wildman–Crippen MR) is 101 cm³/mol. The number of aromatic carboxylic acids is 1. The fourth-order valence-corrected chi connectivity index (χ4v) is 5.48. The summed E-state index contributed by atoms with van der Waals surface area (Å²) in [5.41, 5.74) is 0.0507. The van der Waals surface area contributed by atoms with Crippen LogP contribution in [0.5, 0.6) is 0 Å². The Bertz CT molecular complexity index is 1040. The zero-order chi connectivity index (χ0) is 22.1. The van der Waals surface area contributed by atoms with E-state index in [1.165, 1.54) is 6.92 Å². The van der Waals surface area contributed by atoms with Crippen molar-refractivity contribution < 1.29 is 36.6 Å². The number of hydrogen-bond donors (Lipinski definition) is 3. The number of carboxylic acid groups (broad SMARTS) is 1. The van der Waals surface area contributed by atoms with Gasteiger partial charge in [0.05, 0.1) is 27.2 Å². The van der Waals surface area contributed by atoms with Gasteiger partial charge in [-0.05, 0) is 12.5 Å². The molecule has 160 valence electrons. The number of carbonyl (C=O) groups is 1. The van der Waals surface area contributed by atoms with Crippen molar-refractivity contribution in [3.63, 3.8) is 0 Å². The van der Waals surface area contributed by atoms with Gasteiger partial charge in [-0.25, -0.2) is 18.2 Å². The monoisotopic (exact) mass is 492 g/mol. The minimum atomic E-state index is -4.80. The smallest absolute Gasteiger partial charge is 0.404 e. The highest BCUT2D eigenvalue weighted by molar-refractivity contribution is 7.89. The average Bonchev–Trinajstić information content (AvgIpc) is 3.05. The molecule has 0 bridgehead atoms. The van der Waals surface area contributed by atoms with Gasteiger partial charge in [0.1, 0.15) is 10.9 Å². The summed E-state index contributed by atoms with van der Waals surface area (Å²) in [6.07, 6.45) is -5.34. The highest BCUT2D eigenvalue weighted by Gasteiger charge is 2.41. The second-order valence-electron chi connectivity index (χ2n) is 5.62. The van der Waals surface area contributed by atoms with Crippen LogP contribution in [-0.2, 0) is 16.6 Å². The topological polar surface area (TPSA) is 117 Å². The lowest BCUT2D eigenvalue weighted by molar-refractivity contribution is -0.151. The first kappa shape index (κ1) is 23.8. The molecule has 0 saturated heterocycles. The van der Waals surface area contributed by atoms with Crippen LogP contribution in [0.3, 0.4) is 0 Å². The fourth-order valence-electron chi connectivity index (χ4n) is 2.31. The van der Waals surface area contributed by atoms with E-state index in [0.29, 0.717) is 11.3 Å². The molecule has 0 amide bonds. The molecular weight excluding hydrogens is 480 g/mol. The average molecular weight is 493 g/mol. The van der Waals surface area contributed by atoms with Crippen LogP contribution in [0.15, 0.2) is 17.0 Å². The third kappa shape index (κ3) is 5.01. The minimum absolute atomic E-state index is 0.0257. The molecule has 0 spiro atoms. The molecule has 2 rings (SSSR count). The zero-order valence-corrected chi connectivity index (χ0v) is 17.6. The highest BCUT2D eigenvalue weighted by Crippen LogP contribution is 2.41. The van der Waals surface area contributed by atoms with Crippen molar-refractivity contribution in [1.29, 1.82) is 0 Å². The Balaban J connectivity index is 2.54. The van der Waals surface area contributed by atoms with E-state index in [1.807, 2.05) is 0 Å². The molecule has 1 unspecified atom stereocenters. The van der Waals surface area contributed by atoms with E-state index in [1.54, 1.807) is 4.72 Å². The summed E-state index contributed by atoms with van der Waals surface area (Å²) in [6, 6.07) is -0.228. The maximum atomic E-state index is 12.9. The van der Waals surface area contributed by atoms with Gasteiger partial charge in [-0.2, -0.15) is 17.9 Å². The maximum absolute atomic E-state index is 12.9. The van der Waals surface area contributed by atoms with Gasteiger partial charge >= 0.3 is 12.1 Å². The molecule has 0 aliphatic carbocycles. The minimum Gasteiger partial charge on any atom is -0.476 e. The van der Waals surface area contributed by atoms with Gasteiger partial charge in [0.25, 0.3) is 0 Å². The van der Waals surface area contributed by atoms with E-state index in [-0.39, 0.29) is 26.2 Å². The van der Waals surface area contributed by atoms with Crippen LogP contribution >= 0.6 is 34.5 Å². The number of aliphatic hydroxyl groups is 1. The molecule has 1 aromatic carbocycles. The number of carboxylic acids is 1. The summed E-state index contributed by atoms with van der Waals surface area (Å²) in [4.78, 5) is 14.3. The Morgan fingerprint density at radius 3 is 2.41 bits per heavy atom. The number of sulfonamides is 1. The molecule has 7 nitrogen and oxygen atoms in total. The number of aliphatic hydroxyl groups excluding tert-OH is 1. The van der Waals surface area contributed by atoms with E-state index < -0.39 is 51.2 Å². The maximum Gasteiger partial charge on any atom is 0.404 e. The third-order valence-corrected chi connectivity index (χ3v) is 7.34. The number of hydrogen-bond acceptors (Lipinski definition) is 6. The molecule has 3 N–H and O–H groups in total.